The molecule has 0 bridgehead atoms. The molecule has 1 aromatic carbocycles. The van der Waals surface area contributed by atoms with Crippen LogP contribution < -0.4 is 5.32 Å². The fourth-order valence-electron chi connectivity index (χ4n) is 2.74. The van der Waals surface area contributed by atoms with Crippen LogP contribution >= 0.6 is 0 Å². The van der Waals surface area contributed by atoms with Crippen LogP contribution in [-0.4, -0.2) is 48.1 Å². The first-order chi connectivity index (χ1) is 12.1. The van der Waals surface area contributed by atoms with Crippen molar-refractivity contribution in [1.29, 1.82) is 0 Å². The van der Waals surface area contributed by atoms with E-state index in [0.29, 0.717) is 11.3 Å². The van der Waals surface area contributed by atoms with Crippen LogP contribution in [-0.2, 0) is 25.8 Å². The van der Waals surface area contributed by atoms with Gasteiger partial charge in [0.15, 0.2) is 5.58 Å². The number of fused-ring (bicyclic) bond motifs is 1. The van der Waals surface area contributed by atoms with Gasteiger partial charge in [0.25, 0.3) is 0 Å². The highest BCUT2D eigenvalue weighted by Crippen LogP contribution is 2.24. The number of carboxylic acid groups (broad SMARTS) is 1. The lowest BCUT2D eigenvalue weighted by Crippen LogP contribution is -2.42. The molecule has 0 fully saturated rings. The van der Waals surface area contributed by atoms with Crippen molar-refractivity contribution in [3.05, 3.63) is 29.0 Å². The summed E-state index contributed by atoms with van der Waals surface area (Å²) in [5.74, 6) is -2.20. The summed E-state index contributed by atoms with van der Waals surface area (Å²) in [6, 6.07) is 2.48. The number of carbonyl (C=O) groups is 2. The monoisotopic (exact) mass is 382 g/mol. The highest BCUT2D eigenvalue weighted by molar-refractivity contribution is 7.91. The second kappa shape index (κ2) is 7.86. The van der Waals surface area contributed by atoms with Crippen LogP contribution in [0.3, 0.4) is 0 Å². The third-order valence-corrected chi connectivity index (χ3v) is 5.84. The zero-order valence-corrected chi connectivity index (χ0v) is 15.7. The summed E-state index contributed by atoms with van der Waals surface area (Å²) in [6.45, 7) is 5.29. The highest BCUT2D eigenvalue weighted by Gasteiger charge is 2.24. The number of aliphatic carboxylic acids is 1. The third kappa shape index (κ3) is 4.81. The third-order valence-electron chi connectivity index (χ3n) is 4.11. The Kier molecular flexibility index (Phi) is 6.01. The molecule has 0 aliphatic heterocycles. The molecule has 0 aliphatic rings. The molecule has 2 N–H and O–H groups in total. The Morgan fingerprint density at radius 3 is 2.62 bits per heavy atom. The summed E-state index contributed by atoms with van der Waals surface area (Å²) in [4.78, 5) is 23.5. The number of nitrogens with one attached hydrogen (secondary N) is 1. The van der Waals surface area contributed by atoms with Crippen LogP contribution in [0.1, 0.15) is 30.2 Å². The van der Waals surface area contributed by atoms with E-state index in [4.69, 9.17) is 4.52 Å². The molecular weight excluding hydrogens is 360 g/mol. The molecule has 2 aromatic rings. The lowest BCUT2D eigenvalue weighted by Gasteiger charge is -2.14. The van der Waals surface area contributed by atoms with Crippen LogP contribution in [0.2, 0.25) is 0 Å². The molecule has 1 atom stereocenters. The van der Waals surface area contributed by atoms with E-state index in [1.165, 1.54) is 6.92 Å². The van der Waals surface area contributed by atoms with Crippen molar-refractivity contribution in [3.8, 4) is 0 Å². The lowest BCUT2D eigenvalue weighted by atomic mass is 10.0. The number of benzene rings is 1. The molecule has 0 aliphatic carbocycles. The number of amides is 1. The van der Waals surface area contributed by atoms with Gasteiger partial charge < -0.3 is 14.9 Å². The Balaban J connectivity index is 2.10. The lowest BCUT2D eigenvalue weighted by molar-refractivity contribution is -0.141. The summed E-state index contributed by atoms with van der Waals surface area (Å²) in [5.41, 5.74) is 2.90. The number of carboxylic acids is 1. The average molecular weight is 382 g/mol. The number of carbonyl (C=O) groups excluding carboxylic acids is 1. The van der Waals surface area contributed by atoms with Crippen molar-refractivity contribution in [3.63, 3.8) is 0 Å². The van der Waals surface area contributed by atoms with E-state index in [-0.39, 0.29) is 24.3 Å². The van der Waals surface area contributed by atoms with Gasteiger partial charge in [-0.25, -0.2) is 13.2 Å². The van der Waals surface area contributed by atoms with Crippen LogP contribution in [0.25, 0.3) is 11.0 Å². The first kappa shape index (κ1) is 19.9. The SMILES string of the molecule is CCS(=O)(=O)CCC(NC(=O)Cc1noc2cc(C)cc(C)c12)C(=O)O. The Hall–Kier alpha value is -2.42. The van der Waals surface area contributed by atoms with Gasteiger partial charge in [-0.3, -0.25) is 4.79 Å². The van der Waals surface area contributed by atoms with Gasteiger partial charge in [-0.05, 0) is 37.5 Å². The minimum Gasteiger partial charge on any atom is -0.480 e. The molecular formula is C17H22N2O6S. The Labute approximate surface area is 151 Å². The van der Waals surface area contributed by atoms with Crippen LogP contribution in [0.5, 0.6) is 0 Å². The minimum absolute atomic E-state index is 0.0725. The molecule has 0 spiro atoms. The van der Waals surface area contributed by atoms with Crippen molar-refractivity contribution in [2.75, 3.05) is 11.5 Å². The summed E-state index contributed by atoms with van der Waals surface area (Å²) in [6.07, 6.45) is -0.337. The van der Waals surface area contributed by atoms with Gasteiger partial charge in [0.2, 0.25) is 5.91 Å². The first-order valence-corrected chi connectivity index (χ1v) is 10.0. The Bertz CT molecular complexity index is 932. The summed E-state index contributed by atoms with van der Waals surface area (Å²) < 4.78 is 28.3. The van der Waals surface area contributed by atoms with Crippen molar-refractivity contribution in [2.24, 2.45) is 0 Å². The topological polar surface area (TPSA) is 127 Å². The molecule has 1 heterocycles. The van der Waals surface area contributed by atoms with Gasteiger partial charge in [0.1, 0.15) is 21.6 Å². The fraction of sp³-hybridized carbons (Fsp3) is 0.471. The van der Waals surface area contributed by atoms with Gasteiger partial charge in [-0.15, -0.1) is 0 Å². The smallest absolute Gasteiger partial charge is 0.326 e. The second-order valence-corrected chi connectivity index (χ2v) is 8.72. The number of sulfone groups is 1. The zero-order chi connectivity index (χ0) is 19.5. The number of hydrogen-bond acceptors (Lipinski definition) is 6. The van der Waals surface area contributed by atoms with E-state index >= 15 is 0 Å². The van der Waals surface area contributed by atoms with Gasteiger partial charge in [0.05, 0.1) is 12.2 Å². The molecule has 1 aromatic heterocycles. The van der Waals surface area contributed by atoms with E-state index < -0.39 is 27.8 Å². The molecule has 142 valence electrons. The first-order valence-electron chi connectivity index (χ1n) is 8.21. The molecule has 1 unspecified atom stereocenters. The normalized spacial score (nSPS) is 12.9. The van der Waals surface area contributed by atoms with Crippen molar-refractivity contribution in [1.82, 2.24) is 10.5 Å². The number of hydrogen-bond donors (Lipinski definition) is 2. The summed E-state index contributed by atoms with van der Waals surface area (Å²) in [7, 11) is -3.31. The van der Waals surface area contributed by atoms with Crippen LogP contribution in [0.15, 0.2) is 16.7 Å². The van der Waals surface area contributed by atoms with Gasteiger partial charge in [-0.1, -0.05) is 18.1 Å². The summed E-state index contributed by atoms with van der Waals surface area (Å²) >= 11 is 0. The number of nitrogens with zero attached hydrogens (tertiary/aromatic N) is 1. The maximum atomic E-state index is 12.2. The molecule has 8 nitrogen and oxygen atoms in total. The standard InChI is InChI=1S/C17H22N2O6S/c1-4-26(23,24)6-5-12(17(21)22)18-15(20)9-13-16-11(3)7-10(2)8-14(16)25-19-13/h7-8,12H,4-6,9H2,1-3H3,(H,18,20)(H,21,22). The van der Waals surface area contributed by atoms with Crippen molar-refractivity contribution < 1.29 is 27.6 Å². The fourth-order valence-corrected chi connectivity index (χ4v) is 3.62. The van der Waals surface area contributed by atoms with Crippen LogP contribution in [0.4, 0.5) is 0 Å². The van der Waals surface area contributed by atoms with Gasteiger partial charge in [-0.2, -0.15) is 0 Å². The Morgan fingerprint density at radius 1 is 1.31 bits per heavy atom. The number of aryl methyl sites for hydroxylation is 2. The highest BCUT2D eigenvalue weighted by atomic mass is 32.2. The maximum absolute atomic E-state index is 12.2. The average Bonchev–Trinajstić information content (AvgIpc) is 2.93. The molecule has 26 heavy (non-hydrogen) atoms. The van der Waals surface area contributed by atoms with Gasteiger partial charge in [0, 0.05) is 11.1 Å². The molecule has 1 amide bonds. The largest absolute Gasteiger partial charge is 0.480 e. The molecule has 0 saturated heterocycles. The second-order valence-electron chi connectivity index (χ2n) is 6.24. The van der Waals surface area contributed by atoms with E-state index in [9.17, 15) is 23.1 Å². The number of aromatic nitrogens is 1. The van der Waals surface area contributed by atoms with E-state index in [1.54, 1.807) is 0 Å². The predicted octanol–water partition coefficient (Wildman–Crippen LogP) is 1.38. The van der Waals surface area contributed by atoms with E-state index in [1.807, 2.05) is 26.0 Å². The van der Waals surface area contributed by atoms with Crippen molar-refractivity contribution in [2.45, 2.75) is 39.7 Å². The molecule has 0 radical (unpaired) electrons. The Morgan fingerprint density at radius 2 is 2.00 bits per heavy atom. The van der Waals surface area contributed by atoms with Gasteiger partial charge >= 0.3 is 5.97 Å². The zero-order valence-electron chi connectivity index (χ0n) is 14.9. The quantitative estimate of drug-likeness (QED) is 0.706. The maximum Gasteiger partial charge on any atom is 0.326 e. The molecule has 9 heteroatoms. The van der Waals surface area contributed by atoms with E-state index in [2.05, 4.69) is 10.5 Å². The number of rotatable bonds is 8. The van der Waals surface area contributed by atoms with Crippen LogP contribution in [0, 0.1) is 13.8 Å². The molecule has 0 saturated carbocycles. The molecule has 2 rings (SSSR count). The predicted molar refractivity (Wildman–Crippen MR) is 95.7 cm³/mol. The van der Waals surface area contributed by atoms with E-state index in [0.717, 1.165) is 16.5 Å². The summed E-state index contributed by atoms with van der Waals surface area (Å²) in [5, 5.41) is 16.2. The van der Waals surface area contributed by atoms with Crippen molar-refractivity contribution >= 4 is 32.7 Å². The minimum atomic E-state index is -3.31.